The number of benzene rings is 2. The van der Waals surface area contributed by atoms with E-state index in [1.807, 2.05) is 79.4 Å². The zero-order chi connectivity index (χ0) is 26.2. The van der Waals surface area contributed by atoms with Crippen LogP contribution in [0.2, 0.25) is 0 Å². The second-order valence-electron chi connectivity index (χ2n) is 9.03. The Hall–Kier alpha value is -3.82. The van der Waals surface area contributed by atoms with Crippen LogP contribution in [0.5, 0.6) is 0 Å². The second kappa shape index (κ2) is 12.4. The number of morpholine rings is 1. The lowest BCUT2D eigenvalue weighted by molar-refractivity contribution is -0.384. The number of carbonyl (C=O) groups excluding carboxylic acids is 1. The molecule has 1 aromatic heterocycles. The number of nitro groups is 1. The average Bonchev–Trinajstić information content (AvgIpc) is 2.94. The summed E-state index contributed by atoms with van der Waals surface area (Å²) in [6.07, 6.45) is 1.57. The highest BCUT2D eigenvalue weighted by atomic mass is 16.6. The number of ether oxygens (including phenoxy) is 1. The molecule has 2 heterocycles. The van der Waals surface area contributed by atoms with E-state index in [0.717, 1.165) is 11.1 Å². The number of rotatable bonds is 10. The van der Waals surface area contributed by atoms with E-state index < -0.39 is 4.92 Å². The Labute approximate surface area is 217 Å². The number of hydrogen-bond acceptors (Lipinski definition) is 7. The van der Waals surface area contributed by atoms with E-state index in [9.17, 15) is 14.9 Å². The number of aromatic nitrogens is 1. The van der Waals surface area contributed by atoms with Crippen LogP contribution in [0, 0.1) is 10.1 Å². The van der Waals surface area contributed by atoms with Crippen molar-refractivity contribution in [2.24, 2.45) is 0 Å². The minimum atomic E-state index is -0.418. The molecule has 9 nitrogen and oxygen atoms in total. The SMILES string of the molecule is CCN(C(=O)C(C)N1CCOCC1)c1cnc(N(Cc2ccccc2)Cc2ccccc2)c([N+](=O)[O-])c1. The maximum atomic E-state index is 13.4. The zero-order valence-electron chi connectivity index (χ0n) is 21.3. The van der Waals surface area contributed by atoms with Gasteiger partial charge in [-0.25, -0.2) is 4.98 Å². The first-order chi connectivity index (χ1) is 18.0. The standard InChI is InChI=1S/C28H33N5O4/c1-3-32(28(34)22(2)30-14-16-37-17-15-30)25-18-26(33(35)36)27(29-19-25)31(20-23-10-6-4-7-11-23)21-24-12-8-5-9-13-24/h4-13,18-19,22H,3,14-17,20-21H2,1-2H3. The molecule has 0 aliphatic carbocycles. The van der Waals surface area contributed by atoms with Crippen LogP contribution in [0.15, 0.2) is 72.9 Å². The first-order valence-electron chi connectivity index (χ1n) is 12.6. The molecule has 0 radical (unpaired) electrons. The fraction of sp³-hybridized carbons (Fsp3) is 0.357. The fourth-order valence-electron chi connectivity index (χ4n) is 4.59. The normalized spacial score (nSPS) is 14.6. The van der Waals surface area contributed by atoms with E-state index in [1.165, 1.54) is 6.07 Å². The van der Waals surface area contributed by atoms with E-state index in [-0.39, 0.29) is 23.5 Å². The summed E-state index contributed by atoms with van der Waals surface area (Å²) in [5.74, 6) is 0.157. The van der Waals surface area contributed by atoms with Gasteiger partial charge in [-0.3, -0.25) is 19.8 Å². The Kier molecular flexibility index (Phi) is 8.81. The van der Waals surface area contributed by atoms with Crippen molar-refractivity contribution < 1.29 is 14.5 Å². The molecular formula is C28H33N5O4. The van der Waals surface area contributed by atoms with E-state index in [1.54, 1.807) is 11.1 Å². The Bertz CT molecular complexity index is 1140. The lowest BCUT2D eigenvalue weighted by atomic mass is 10.1. The minimum Gasteiger partial charge on any atom is -0.379 e. The summed E-state index contributed by atoms with van der Waals surface area (Å²) in [4.78, 5) is 35.4. The summed E-state index contributed by atoms with van der Waals surface area (Å²) >= 11 is 0. The van der Waals surface area contributed by atoms with Gasteiger partial charge in [0.05, 0.1) is 36.1 Å². The van der Waals surface area contributed by atoms with E-state index >= 15 is 0 Å². The van der Waals surface area contributed by atoms with Crippen molar-refractivity contribution in [3.8, 4) is 0 Å². The lowest BCUT2D eigenvalue weighted by Crippen LogP contribution is -2.51. The van der Waals surface area contributed by atoms with Gasteiger partial charge in [0.1, 0.15) is 0 Å². The summed E-state index contributed by atoms with van der Waals surface area (Å²) in [5, 5.41) is 12.3. The summed E-state index contributed by atoms with van der Waals surface area (Å²) < 4.78 is 5.41. The summed E-state index contributed by atoms with van der Waals surface area (Å²) in [5.41, 5.74) is 2.32. The van der Waals surface area contributed by atoms with E-state index in [0.29, 0.717) is 51.6 Å². The molecule has 1 unspecified atom stereocenters. The molecule has 0 saturated carbocycles. The summed E-state index contributed by atoms with van der Waals surface area (Å²) in [6, 6.07) is 20.7. The Morgan fingerprint density at radius 3 is 2.14 bits per heavy atom. The van der Waals surface area contributed by atoms with Gasteiger partial charge in [0, 0.05) is 38.8 Å². The Balaban J connectivity index is 1.66. The highest BCUT2D eigenvalue weighted by Gasteiger charge is 2.30. The molecule has 1 amide bonds. The Morgan fingerprint density at radius 2 is 1.62 bits per heavy atom. The van der Waals surface area contributed by atoms with E-state index in [2.05, 4.69) is 9.88 Å². The molecule has 1 aliphatic heterocycles. The first kappa shape index (κ1) is 26.2. The van der Waals surface area contributed by atoms with Gasteiger partial charge in [-0.05, 0) is 25.0 Å². The van der Waals surface area contributed by atoms with Crippen molar-refractivity contribution in [2.75, 3.05) is 42.6 Å². The third-order valence-corrected chi connectivity index (χ3v) is 6.61. The number of hydrogen-bond donors (Lipinski definition) is 0. The third kappa shape index (κ3) is 6.49. The van der Waals surface area contributed by atoms with Crippen molar-refractivity contribution in [3.63, 3.8) is 0 Å². The molecule has 4 rings (SSSR count). The van der Waals surface area contributed by atoms with Gasteiger partial charge in [-0.1, -0.05) is 60.7 Å². The average molecular weight is 504 g/mol. The minimum absolute atomic E-state index is 0.112. The molecule has 1 atom stereocenters. The van der Waals surface area contributed by atoms with Crippen LogP contribution in [-0.4, -0.2) is 59.6 Å². The number of pyridine rings is 1. The predicted octanol–water partition coefficient (Wildman–Crippen LogP) is 4.27. The van der Waals surface area contributed by atoms with Crippen molar-refractivity contribution in [1.29, 1.82) is 0 Å². The Morgan fingerprint density at radius 1 is 1.05 bits per heavy atom. The van der Waals surface area contributed by atoms with E-state index in [4.69, 9.17) is 4.74 Å². The predicted molar refractivity (Wildman–Crippen MR) is 144 cm³/mol. The second-order valence-corrected chi connectivity index (χ2v) is 9.03. The van der Waals surface area contributed by atoms with Crippen LogP contribution in [0.3, 0.4) is 0 Å². The molecule has 1 fully saturated rings. The number of anilines is 2. The van der Waals surface area contributed by atoms with Gasteiger partial charge >= 0.3 is 5.69 Å². The molecule has 3 aromatic rings. The molecule has 194 valence electrons. The summed E-state index contributed by atoms with van der Waals surface area (Å²) in [7, 11) is 0. The third-order valence-electron chi connectivity index (χ3n) is 6.61. The van der Waals surface area contributed by atoms with Gasteiger partial charge < -0.3 is 14.5 Å². The van der Waals surface area contributed by atoms with Gasteiger partial charge in [0.15, 0.2) is 0 Å². The van der Waals surface area contributed by atoms with Crippen LogP contribution < -0.4 is 9.80 Å². The van der Waals surface area contributed by atoms with Crippen molar-refractivity contribution in [1.82, 2.24) is 9.88 Å². The maximum absolute atomic E-state index is 13.4. The largest absolute Gasteiger partial charge is 0.379 e. The van der Waals surface area contributed by atoms with Gasteiger partial charge in [-0.2, -0.15) is 0 Å². The number of amides is 1. The van der Waals surface area contributed by atoms with Crippen molar-refractivity contribution in [2.45, 2.75) is 33.0 Å². The lowest BCUT2D eigenvalue weighted by Gasteiger charge is -2.34. The number of nitrogens with zero attached hydrogens (tertiary/aromatic N) is 5. The van der Waals surface area contributed by atoms with Gasteiger partial charge in [0.25, 0.3) is 0 Å². The molecule has 9 heteroatoms. The highest BCUT2D eigenvalue weighted by Crippen LogP contribution is 2.32. The molecular weight excluding hydrogens is 470 g/mol. The molecule has 1 aliphatic rings. The summed E-state index contributed by atoms with van der Waals surface area (Å²) in [6.45, 7) is 7.54. The molecule has 1 saturated heterocycles. The quantitative estimate of drug-likeness (QED) is 0.301. The highest BCUT2D eigenvalue weighted by molar-refractivity contribution is 5.97. The molecule has 2 aromatic carbocycles. The van der Waals surface area contributed by atoms with Crippen LogP contribution in [0.4, 0.5) is 17.2 Å². The zero-order valence-corrected chi connectivity index (χ0v) is 21.3. The van der Waals surface area contributed by atoms with Crippen LogP contribution in [-0.2, 0) is 22.6 Å². The maximum Gasteiger partial charge on any atom is 0.313 e. The monoisotopic (exact) mass is 503 g/mol. The molecule has 0 bridgehead atoms. The van der Waals surface area contributed by atoms with Gasteiger partial charge in [0.2, 0.25) is 11.7 Å². The van der Waals surface area contributed by atoms with Crippen LogP contribution >= 0.6 is 0 Å². The van der Waals surface area contributed by atoms with Crippen LogP contribution in [0.25, 0.3) is 0 Å². The first-order valence-corrected chi connectivity index (χ1v) is 12.6. The molecule has 0 spiro atoms. The van der Waals surface area contributed by atoms with Gasteiger partial charge in [-0.15, -0.1) is 0 Å². The molecule has 37 heavy (non-hydrogen) atoms. The molecule has 0 N–H and O–H groups in total. The smallest absolute Gasteiger partial charge is 0.313 e. The van der Waals surface area contributed by atoms with Crippen molar-refractivity contribution in [3.05, 3.63) is 94.2 Å². The topological polar surface area (TPSA) is 92.1 Å². The number of likely N-dealkylation sites (N-methyl/N-ethyl adjacent to an activating group) is 1. The fourth-order valence-corrected chi connectivity index (χ4v) is 4.59. The van der Waals surface area contributed by atoms with Crippen LogP contribution in [0.1, 0.15) is 25.0 Å². The van der Waals surface area contributed by atoms with Crippen molar-refractivity contribution >= 4 is 23.1 Å². The number of carbonyl (C=O) groups is 1.